The van der Waals surface area contributed by atoms with Crippen LogP contribution < -0.4 is 11.1 Å². The quantitative estimate of drug-likeness (QED) is 0.380. The number of aliphatic carboxylic acids is 1. The number of rotatable bonds is 8. The molecule has 178 valence electrons. The summed E-state index contributed by atoms with van der Waals surface area (Å²) in [6.07, 6.45) is 0.151. The summed E-state index contributed by atoms with van der Waals surface area (Å²) in [6.45, 7) is 1.33. The number of nitrogens with zero attached hydrogens (tertiary/aromatic N) is 1. The van der Waals surface area contributed by atoms with E-state index in [1.165, 1.54) is 19.1 Å². The van der Waals surface area contributed by atoms with Gasteiger partial charge >= 0.3 is 5.97 Å². The van der Waals surface area contributed by atoms with Gasteiger partial charge < -0.3 is 21.1 Å². The molecule has 1 heterocycles. The van der Waals surface area contributed by atoms with Crippen LogP contribution in [0.1, 0.15) is 40.5 Å². The molecule has 0 aliphatic carbocycles. The Morgan fingerprint density at radius 1 is 1.00 bits per heavy atom. The van der Waals surface area contributed by atoms with Crippen molar-refractivity contribution in [1.82, 2.24) is 10.2 Å². The molecule has 10 heteroatoms. The SMILES string of the molecule is CC(N)C(=O)C1(C(=O)O)CCCN1C(=O)C(NC(=O)c1ccccc1)SC(=O)c1ccccc1. The maximum absolute atomic E-state index is 13.6. The van der Waals surface area contributed by atoms with Crippen LogP contribution in [-0.2, 0) is 14.4 Å². The number of carbonyl (C=O) groups excluding carboxylic acids is 4. The molecule has 1 aliphatic rings. The second kappa shape index (κ2) is 10.6. The van der Waals surface area contributed by atoms with E-state index in [0.29, 0.717) is 17.3 Å². The highest BCUT2D eigenvalue weighted by Crippen LogP contribution is 2.34. The van der Waals surface area contributed by atoms with Crippen LogP contribution in [-0.4, -0.2) is 62.2 Å². The summed E-state index contributed by atoms with van der Waals surface area (Å²) in [6, 6.07) is 15.1. The number of nitrogens with one attached hydrogen (secondary N) is 1. The summed E-state index contributed by atoms with van der Waals surface area (Å²) in [7, 11) is 0. The largest absolute Gasteiger partial charge is 0.479 e. The van der Waals surface area contributed by atoms with Crippen LogP contribution in [0.4, 0.5) is 0 Å². The number of benzene rings is 2. The van der Waals surface area contributed by atoms with E-state index < -0.39 is 45.6 Å². The Morgan fingerprint density at radius 2 is 1.56 bits per heavy atom. The number of Topliss-reactive ketones (excluding diaryl/α,β-unsaturated/α-hetero) is 1. The molecule has 0 saturated carbocycles. The molecular formula is C24H25N3O6S. The van der Waals surface area contributed by atoms with E-state index in [4.69, 9.17) is 5.73 Å². The Morgan fingerprint density at radius 3 is 2.09 bits per heavy atom. The first-order valence-corrected chi connectivity index (χ1v) is 11.5. The molecule has 2 amide bonds. The van der Waals surface area contributed by atoms with Gasteiger partial charge in [-0.15, -0.1) is 0 Å². The number of carboxylic acids is 1. The molecule has 1 aliphatic heterocycles. The summed E-state index contributed by atoms with van der Waals surface area (Å²) < 4.78 is 0. The number of hydrogen-bond acceptors (Lipinski definition) is 7. The molecule has 2 aromatic rings. The van der Waals surface area contributed by atoms with E-state index >= 15 is 0 Å². The lowest BCUT2D eigenvalue weighted by molar-refractivity contribution is -0.162. The van der Waals surface area contributed by atoms with Gasteiger partial charge in [-0.3, -0.25) is 19.2 Å². The first kappa shape index (κ1) is 25.1. The van der Waals surface area contributed by atoms with Crippen molar-refractivity contribution < 1.29 is 29.1 Å². The van der Waals surface area contributed by atoms with Crippen molar-refractivity contribution in [3.63, 3.8) is 0 Å². The maximum Gasteiger partial charge on any atom is 0.337 e. The lowest BCUT2D eigenvalue weighted by Gasteiger charge is -2.36. The van der Waals surface area contributed by atoms with Gasteiger partial charge in [0.15, 0.2) is 11.2 Å². The van der Waals surface area contributed by atoms with Gasteiger partial charge in [0.2, 0.25) is 10.7 Å². The first-order chi connectivity index (χ1) is 16.2. The number of likely N-dealkylation sites (tertiary alicyclic amines) is 1. The van der Waals surface area contributed by atoms with Gasteiger partial charge in [0, 0.05) is 17.7 Å². The molecule has 3 atom stereocenters. The molecular weight excluding hydrogens is 458 g/mol. The van der Waals surface area contributed by atoms with E-state index in [2.05, 4.69) is 5.32 Å². The minimum atomic E-state index is -2.16. The monoisotopic (exact) mass is 483 g/mol. The third-order valence-electron chi connectivity index (χ3n) is 5.58. The Kier molecular flexibility index (Phi) is 7.85. The van der Waals surface area contributed by atoms with Gasteiger partial charge in [0.1, 0.15) is 0 Å². The van der Waals surface area contributed by atoms with Gasteiger partial charge in [-0.1, -0.05) is 48.5 Å². The first-order valence-electron chi connectivity index (χ1n) is 10.6. The smallest absolute Gasteiger partial charge is 0.337 e. The summed E-state index contributed by atoms with van der Waals surface area (Å²) >= 11 is 0.551. The lowest BCUT2D eigenvalue weighted by Crippen LogP contribution is -2.64. The van der Waals surface area contributed by atoms with Crippen molar-refractivity contribution in [2.75, 3.05) is 6.54 Å². The summed E-state index contributed by atoms with van der Waals surface area (Å²) in [5.41, 5.74) is 4.11. The number of carbonyl (C=O) groups is 5. The second-order valence-electron chi connectivity index (χ2n) is 7.90. The van der Waals surface area contributed by atoms with Gasteiger partial charge in [0.05, 0.1) is 6.04 Å². The maximum atomic E-state index is 13.6. The molecule has 0 spiro atoms. The zero-order valence-corrected chi connectivity index (χ0v) is 19.3. The highest BCUT2D eigenvalue weighted by molar-refractivity contribution is 8.15. The highest BCUT2D eigenvalue weighted by atomic mass is 32.2. The van der Waals surface area contributed by atoms with E-state index in [9.17, 15) is 29.1 Å². The Bertz CT molecular complexity index is 1040. The minimum Gasteiger partial charge on any atom is -0.479 e. The molecule has 1 saturated heterocycles. The van der Waals surface area contributed by atoms with Crippen molar-refractivity contribution in [3.8, 4) is 0 Å². The molecule has 1 fully saturated rings. The topological polar surface area (TPSA) is 147 Å². The third kappa shape index (κ3) is 5.02. The number of amides is 2. The van der Waals surface area contributed by atoms with Crippen molar-refractivity contribution in [2.45, 2.75) is 36.7 Å². The van der Waals surface area contributed by atoms with Crippen LogP contribution in [0, 0.1) is 0 Å². The molecule has 4 N–H and O–H groups in total. The number of hydrogen-bond donors (Lipinski definition) is 3. The van der Waals surface area contributed by atoms with E-state index in [1.54, 1.807) is 48.5 Å². The molecule has 2 aromatic carbocycles. The number of nitrogens with two attached hydrogens (primary N) is 1. The fourth-order valence-corrected chi connectivity index (χ4v) is 4.78. The normalized spacial score (nSPS) is 19.2. The van der Waals surface area contributed by atoms with Crippen molar-refractivity contribution in [3.05, 3.63) is 71.8 Å². The van der Waals surface area contributed by atoms with Gasteiger partial charge in [0.25, 0.3) is 11.8 Å². The molecule has 0 aromatic heterocycles. The van der Waals surface area contributed by atoms with Crippen molar-refractivity contribution in [1.29, 1.82) is 0 Å². The third-order valence-corrected chi connectivity index (χ3v) is 6.58. The van der Waals surface area contributed by atoms with Crippen LogP contribution >= 0.6 is 11.8 Å². The Labute approximate surface area is 200 Å². The molecule has 0 radical (unpaired) electrons. The molecule has 0 bridgehead atoms. The van der Waals surface area contributed by atoms with E-state index in [-0.39, 0.29) is 24.9 Å². The summed E-state index contributed by atoms with van der Waals surface area (Å²) in [5, 5.41) is 10.6. The molecule has 3 rings (SSSR count). The second-order valence-corrected chi connectivity index (χ2v) is 8.98. The molecule has 9 nitrogen and oxygen atoms in total. The van der Waals surface area contributed by atoms with E-state index in [0.717, 1.165) is 4.90 Å². The van der Waals surface area contributed by atoms with Gasteiger partial charge in [-0.05, 0) is 43.7 Å². The minimum absolute atomic E-state index is 0.0264. The van der Waals surface area contributed by atoms with Crippen LogP contribution in [0.3, 0.4) is 0 Å². The number of ketones is 1. The predicted molar refractivity (Wildman–Crippen MR) is 126 cm³/mol. The summed E-state index contributed by atoms with van der Waals surface area (Å²) in [5.74, 6) is -3.77. The zero-order valence-electron chi connectivity index (χ0n) is 18.5. The van der Waals surface area contributed by atoms with Crippen LogP contribution in [0.15, 0.2) is 60.7 Å². The number of thioether (sulfide) groups is 1. The average Bonchev–Trinajstić information content (AvgIpc) is 3.29. The van der Waals surface area contributed by atoms with Gasteiger partial charge in [-0.2, -0.15) is 0 Å². The fourth-order valence-electron chi connectivity index (χ4n) is 3.90. The van der Waals surface area contributed by atoms with Crippen molar-refractivity contribution in [2.24, 2.45) is 5.73 Å². The standard InChI is InChI=1S/C24H25N3O6S/c1-15(25)18(28)24(23(32)33)13-8-14-27(24)21(30)20(26-19(29)16-9-4-2-5-10-16)34-22(31)17-11-6-3-7-12-17/h2-7,9-12,15,20H,8,13-14,25H2,1H3,(H,26,29)(H,32,33). The summed E-state index contributed by atoms with van der Waals surface area (Å²) in [4.78, 5) is 65.4. The van der Waals surface area contributed by atoms with Crippen LogP contribution in [0.5, 0.6) is 0 Å². The Hall–Kier alpha value is -3.50. The van der Waals surface area contributed by atoms with Crippen LogP contribution in [0.2, 0.25) is 0 Å². The zero-order chi connectivity index (χ0) is 24.9. The lowest BCUT2D eigenvalue weighted by atomic mass is 9.87. The van der Waals surface area contributed by atoms with E-state index in [1.807, 2.05) is 0 Å². The number of carboxylic acid groups (broad SMARTS) is 1. The molecule has 34 heavy (non-hydrogen) atoms. The fraction of sp³-hybridized carbons (Fsp3) is 0.292. The van der Waals surface area contributed by atoms with Crippen molar-refractivity contribution >= 4 is 40.4 Å². The molecule has 3 unspecified atom stereocenters. The van der Waals surface area contributed by atoms with Gasteiger partial charge in [-0.25, -0.2) is 4.79 Å². The van der Waals surface area contributed by atoms with Crippen LogP contribution in [0.25, 0.3) is 0 Å². The highest BCUT2D eigenvalue weighted by Gasteiger charge is 2.57. The Balaban J connectivity index is 1.96. The predicted octanol–water partition coefficient (Wildman–Crippen LogP) is 1.68. The average molecular weight is 484 g/mol.